The van der Waals surface area contributed by atoms with E-state index >= 15 is 0 Å². The maximum atomic E-state index is 12.6. The number of benzene rings is 1. The monoisotopic (exact) mass is 346 g/mol. The summed E-state index contributed by atoms with van der Waals surface area (Å²) in [5.74, 6) is 0.0285. The van der Waals surface area contributed by atoms with Crippen molar-refractivity contribution in [2.45, 2.75) is 39.0 Å². The summed E-state index contributed by atoms with van der Waals surface area (Å²) in [5, 5.41) is 2.93. The molecule has 2 saturated heterocycles. The van der Waals surface area contributed by atoms with Gasteiger partial charge in [0.05, 0.1) is 24.7 Å². The van der Waals surface area contributed by atoms with Crippen LogP contribution in [0.3, 0.4) is 0 Å². The average molecular weight is 346 g/mol. The van der Waals surface area contributed by atoms with Gasteiger partial charge in [-0.25, -0.2) is 0 Å². The number of rotatable bonds is 4. The SMILES string of the molecule is C[C@@H]1CN(C(=O)c2ccc(CNC(=O)[C@H]3CCOC3)cc2)C[C@@H](C)O1. The van der Waals surface area contributed by atoms with E-state index in [-0.39, 0.29) is 29.9 Å². The van der Waals surface area contributed by atoms with Crippen LogP contribution in [0.25, 0.3) is 0 Å². The van der Waals surface area contributed by atoms with E-state index in [9.17, 15) is 9.59 Å². The Balaban J connectivity index is 1.54. The minimum atomic E-state index is -0.0360. The third-order valence-electron chi connectivity index (χ3n) is 4.67. The van der Waals surface area contributed by atoms with Crippen LogP contribution in [0.15, 0.2) is 24.3 Å². The molecule has 0 radical (unpaired) electrons. The van der Waals surface area contributed by atoms with Crippen molar-refractivity contribution >= 4 is 11.8 Å². The molecule has 0 bridgehead atoms. The third-order valence-corrected chi connectivity index (χ3v) is 4.67. The van der Waals surface area contributed by atoms with E-state index in [0.717, 1.165) is 12.0 Å². The van der Waals surface area contributed by atoms with E-state index in [0.29, 0.717) is 38.4 Å². The van der Waals surface area contributed by atoms with Gasteiger partial charge >= 0.3 is 0 Å². The van der Waals surface area contributed by atoms with Gasteiger partial charge in [-0.15, -0.1) is 0 Å². The lowest BCUT2D eigenvalue weighted by atomic mass is 10.1. The maximum absolute atomic E-state index is 12.6. The molecule has 6 heteroatoms. The largest absolute Gasteiger partial charge is 0.381 e. The van der Waals surface area contributed by atoms with Gasteiger partial charge in [-0.2, -0.15) is 0 Å². The number of ether oxygens (including phenoxy) is 2. The minimum absolute atomic E-state index is 0.0284. The van der Waals surface area contributed by atoms with Crippen molar-refractivity contribution in [3.05, 3.63) is 35.4 Å². The molecule has 0 spiro atoms. The molecule has 3 rings (SSSR count). The number of hydrogen-bond donors (Lipinski definition) is 1. The first kappa shape index (κ1) is 17.9. The van der Waals surface area contributed by atoms with Crippen LogP contribution in [-0.4, -0.2) is 55.2 Å². The zero-order chi connectivity index (χ0) is 17.8. The molecule has 0 aliphatic carbocycles. The van der Waals surface area contributed by atoms with Gasteiger partial charge in [-0.3, -0.25) is 9.59 Å². The van der Waals surface area contributed by atoms with Gasteiger partial charge in [-0.1, -0.05) is 12.1 Å². The van der Waals surface area contributed by atoms with Crippen molar-refractivity contribution in [3.63, 3.8) is 0 Å². The van der Waals surface area contributed by atoms with E-state index in [1.807, 2.05) is 43.0 Å². The molecule has 136 valence electrons. The minimum Gasteiger partial charge on any atom is -0.381 e. The van der Waals surface area contributed by atoms with Crippen LogP contribution in [0.4, 0.5) is 0 Å². The Morgan fingerprint density at radius 1 is 1.16 bits per heavy atom. The Hall–Kier alpha value is -1.92. The van der Waals surface area contributed by atoms with Gasteiger partial charge in [-0.05, 0) is 38.0 Å². The Morgan fingerprint density at radius 3 is 2.44 bits per heavy atom. The molecule has 3 atom stereocenters. The molecule has 0 saturated carbocycles. The molecule has 2 aliphatic rings. The molecule has 1 N–H and O–H groups in total. The second-order valence-corrected chi connectivity index (χ2v) is 6.94. The molecule has 2 aliphatic heterocycles. The van der Waals surface area contributed by atoms with Crippen LogP contribution >= 0.6 is 0 Å². The van der Waals surface area contributed by atoms with E-state index in [1.54, 1.807) is 0 Å². The van der Waals surface area contributed by atoms with Gasteiger partial charge in [0, 0.05) is 31.8 Å². The van der Waals surface area contributed by atoms with Gasteiger partial charge in [0.1, 0.15) is 0 Å². The predicted molar refractivity (Wildman–Crippen MR) is 93.1 cm³/mol. The van der Waals surface area contributed by atoms with Crippen molar-refractivity contribution in [2.75, 3.05) is 26.3 Å². The van der Waals surface area contributed by atoms with Crippen LogP contribution in [0.1, 0.15) is 36.2 Å². The number of nitrogens with one attached hydrogen (secondary N) is 1. The third kappa shape index (κ3) is 4.58. The summed E-state index contributed by atoms with van der Waals surface area (Å²) in [6.07, 6.45) is 0.902. The molecule has 1 aromatic carbocycles. The molecule has 2 heterocycles. The lowest BCUT2D eigenvalue weighted by molar-refractivity contribution is -0.125. The fourth-order valence-electron chi connectivity index (χ4n) is 3.37. The average Bonchev–Trinajstić information content (AvgIpc) is 3.13. The summed E-state index contributed by atoms with van der Waals surface area (Å²) in [6.45, 7) is 6.84. The molecule has 0 unspecified atom stereocenters. The van der Waals surface area contributed by atoms with Gasteiger partial charge in [0.15, 0.2) is 0 Å². The Labute approximate surface area is 148 Å². The van der Waals surface area contributed by atoms with Crippen LogP contribution in [0.2, 0.25) is 0 Å². The number of hydrogen-bond acceptors (Lipinski definition) is 4. The smallest absolute Gasteiger partial charge is 0.254 e. The summed E-state index contributed by atoms with van der Waals surface area (Å²) in [5.41, 5.74) is 1.65. The lowest BCUT2D eigenvalue weighted by Crippen LogP contribution is -2.48. The standard InChI is InChI=1S/C19H26N2O4/c1-13-10-21(11-14(2)25-13)19(23)16-5-3-15(4-6-16)9-20-18(22)17-7-8-24-12-17/h3-6,13-14,17H,7-12H2,1-2H3,(H,20,22)/t13-,14-,17+/m1/s1. The highest BCUT2D eigenvalue weighted by Gasteiger charge is 2.26. The number of amides is 2. The number of carbonyl (C=O) groups is 2. The molecular weight excluding hydrogens is 320 g/mol. The highest BCUT2D eigenvalue weighted by molar-refractivity contribution is 5.94. The summed E-state index contributed by atoms with van der Waals surface area (Å²) in [6, 6.07) is 7.44. The summed E-state index contributed by atoms with van der Waals surface area (Å²) < 4.78 is 10.9. The van der Waals surface area contributed by atoms with Gasteiger partial charge in [0.2, 0.25) is 5.91 Å². The second kappa shape index (κ2) is 7.97. The second-order valence-electron chi connectivity index (χ2n) is 6.94. The Morgan fingerprint density at radius 2 is 1.84 bits per heavy atom. The fraction of sp³-hybridized carbons (Fsp3) is 0.579. The van der Waals surface area contributed by atoms with Crippen molar-refractivity contribution in [1.82, 2.24) is 10.2 Å². The zero-order valence-electron chi connectivity index (χ0n) is 14.9. The first-order chi connectivity index (χ1) is 12.0. The molecule has 2 fully saturated rings. The van der Waals surface area contributed by atoms with Crippen LogP contribution < -0.4 is 5.32 Å². The first-order valence-electron chi connectivity index (χ1n) is 8.92. The van der Waals surface area contributed by atoms with E-state index in [1.165, 1.54) is 0 Å². The Kier molecular flexibility index (Phi) is 5.71. The topological polar surface area (TPSA) is 67.9 Å². The molecule has 6 nitrogen and oxygen atoms in total. The number of nitrogens with zero attached hydrogens (tertiary/aromatic N) is 1. The summed E-state index contributed by atoms with van der Waals surface area (Å²) in [7, 11) is 0. The Bertz CT molecular complexity index is 600. The van der Waals surface area contributed by atoms with Gasteiger partial charge < -0.3 is 19.7 Å². The molecular formula is C19H26N2O4. The molecule has 1 aromatic rings. The fourth-order valence-corrected chi connectivity index (χ4v) is 3.37. The molecule has 25 heavy (non-hydrogen) atoms. The number of morpholine rings is 1. The highest BCUT2D eigenvalue weighted by atomic mass is 16.5. The quantitative estimate of drug-likeness (QED) is 0.899. The summed E-state index contributed by atoms with van der Waals surface area (Å²) in [4.78, 5) is 26.5. The van der Waals surface area contributed by atoms with Crippen molar-refractivity contribution in [1.29, 1.82) is 0 Å². The molecule has 2 amide bonds. The molecule has 0 aromatic heterocycles. The highest BCUT2D eigenvalue weighted by Crippen LogP contribution is 2.16. The first-order valence-corrected chi connectivity index (χ1v) is 8.92. The van der Waals surface area contributed by atoms with E-state index in [2.05, 4.69) is 5.32 Å². The predicted octanol–water partition coefficient (Wildman–Crippen LogP) is 1.59. The van der Waals surface area contributed by atoms with Crippen molar-refractivity contribution < 1.29 is 19.1 Å². The van der Waals surface area contributed by atoms with Crippen molar-refractivity contribution in [3.8, 4) is 0 Å². The van der Waals surface area contributed by atoms with E-state index < -0.39 is 0 Å². The zero-order valence-corrected chi connectivity index (χ0v) is 14.9. The van der Waals surface area contributed by atoms with Crippen molar-refractivity contribution in [2.24, 2.45) is 5.92 Å². The van der Waals surface area contributed by atoms with E-state index in [4.69, 9.17) is 9.47 Å². The van der Waals surface area contributed by atoms with Crippen LogP contribution in [-0.2, 0) is 20.8 Å². The van der Waals surface area contributed by atoms with Crippen LogP contribution in [0, 0.1) is 5.92 Å². The van der Waals surface area contributed by atoms with Crippen LogP contribution in [0.5, 0.6) is 0 Å². The maximum Gasteiger partial charge on any atom is 0.254 e. The normalized spacial score (nSPS) is 26.5. The lowest BCUT2D eigenvalue weighted by Gasteiger charge is -2.35. The number of carbonyl (C=O) groups excluding carboxylic acids is 2. The summed E-state index contributed by atoms with van der Waals surface area (Å²) >= 11 is 0. The van der Waals surface area contributed by atoms with Gasteiger partial charge in [0.25, 0.3) is 5.91 Å².